The molecule has 0 radical (unpaired) electrons. The molecule has 2 heterocycles. The summed E-state index contributed by atoms with van der Waals surface area (Å²) in [4.78, 5) is 0. The molecule has 1 saturated carbocycles. The number of hydrogen-bond acceptors (Lipinski definition) is 3. The molecule has 1 atom stereocenters. The molecular weight excluding hydrogens is 317 g/mol. The third-order valence-corrected chi connectivity index (χ3v) is 5.73. The van der Waals surface area contributed by atoms with Gasteiger partial charge < -0.3 is 10.6 Å². The minimum Gasteiger partial charge on any atom is -0.312 e. The second-order valence-electron chi connectivity index (χ2n) is 7.25. The van der Waals surface area contributed by atoms with Crippen molar-refractivity contribution in [2.75, 3.05) is 6.54 Å². The summed E-state index contributed by atoms with van der Waals surface area (Å²) >= 11 is 0. The number of fused-ring (bicyclic) bond motifs is 1. The average molecular weight is 344 g/mol. The standard InChI is InChI=1S/C17H27F3N4/c1-11(12-3-5-13(6-4-12)17(18,19)20)22-10-15-14-9-21-8-7-16(14)24(2)23-15/h11-13,21-22H,3-10H2,1-2H3. The van der Waals surface area contributed by atoms with Crippen molar-refractivity contribution < 1.29 is 13.2 Å². The van der Waals surface area contributed by atoms with Crippen LogP contribution in [0.2, 0.25) is 0 Å². The van der Waals surface area contributed by atoms with Gasteiger partial charge in [-0.3, -0.25) is 4.68 Å². The molecule has 1 aliphatic heterocycles. The highest BCUT2D eigenvalue weighted by molar-refractivity contribution is 5.28. The first-order valence-corrected chi connectivity index (χ1v) is 8.90. The highest BCUT2D eigenvalue weighted by atomic mass is 19.4. The zero-order chi connectivity index (χ0) is 17.3. The third kappa shape index (κ3) is 3.77. The molecule has 0 aromatic carbocycles. The van der Waals surface area contributed by atoms with Gasteiger partial charge in [0, 0.05) is 50.4 Å². The molecule has 3 rings (SSSR count). The van der Waals surface area contributed by atoms with Crippen LogP contribution >= 0.6 is 0 Å². The van der Waals surface area contributed by atoms with E-state index >= 15 is 0 Å². The Morgan fingerprint density at radius 3 is 2.67 bits per heavy atom. The molecule has 2 aliphatic rings. The first-order chi connectivity index (χ1) is 11.4. The SMILES string of the molecule is CC(NCc1nn(C)c2c1CNCC2)C1CCC(C(F)(F)F)CC1. The van der Waals surface area contributed by atoms with Gasteiger partial charge in [-0.15, -0.1) is 0 Å². The Labute approximate surface area is 141 Å². The van der Waals surface area contributed by atoms with Crippen molar-refractivity contribution in [3.8, 4) is 0 Å². The predicted octanol–water partition coefficient (Wildman–Crippen LogP) is 2.91. The van der Waals surface area contributed by atoms with Crippen LogP contribution in [0.4, 0.5) is 13.2 Å². The molecule has 1 aromatic rings. The van der Waals surface area contributed by atoms with E-state index in [4.69, 9.17) is 0 Å². The van der Waals surface area contributed by atoms with E-state index in [9.17, 15) is 13.2 Å². The number of halogens is 3. The van der Waals surface area contributed by atoms with Crippen LogP contribution in [0, 0.1) is 11.8 Å². The molecular formula is C17H27F3N4. The van der Waals surface area contributed by atoms with E-state index in [1.165, 1.54) is 11.3 Å². The van der Waals surface area contributed by atoms with Crippen molar-refractivity contribution in [2.24, 2.45) is 18.9 Å². The first-order valence-electron chi connectivity index (χ1n) is 8.90. The Hall–Kier alpha value is -1.08. The Morgan fingerprint density at radius 2 is 2.00 bits per heavy atom. The topological polar surface area (TPSA) is 41.9 Å². The summed E-state index contributed by atoms with van der Waals surface area (Å²) in [6.07, 6.45) is -1.19. The maximum atomic E-state index is 12.8. The van der Waals surface area contributed by atoms with E-state index in [1.807, 2.05) is 11.7 Å². The van der Waals surface area contributed by atoms with Gasteiger partial charge in [0.1, 0.15) is 0 Å². The lowest BCUT2D eigenvalue weighted by Gasteiger charge is -2.33. The fraction of sp³-hybridized carbons (Fsp3) is 0.824. The van der Waals surface area contributed by atoms with Gasteiger partial charge in [-0.25, -0.2) is 0 Å². The zero-order valence-electron chi connectivity index (χ0n) is 14.4. The fourth-order valence-electron chi connectivity index (χ4n) is 4.11. The van der Waals surface area contributed by atoms with Gasteiger partial charge in [0.05, 0.1) is 11.6 Å². The quantitative estimate of drug-likeness (QED) is 0.882. The largest absolute Gasteiger partial charge is 0.391 e. The van der Waals surface area contributed by atoms with Crippen LogP contribution in [0.15, 0.2) is 0 Å². The molecule has 4 nitrogen and oxygen atoms in total. The lowest BCUT2D eigenvalue weighted by atomic mass is 9.78. The van der Waals surface area contributed by atoms with Gasteiger partial charge in [-0.05, 0) is 38.5 Å². The van der Waals surface area contributed by atoms with Crippen LogP contribution in [0.1, 0.15) is 49.6 Å². The van der Waals surface area contributed by atoms with E-state index < -0.39 is 12.1 Å². The maximum absolute atomic E-state index is 12.8. The molecule has 24 heavy (non-hydrogen) atoms. The minimum absolute atomic E-state index is 0.216. The van der Waals surface area contributed by atoms with Crippen molar-refractivity contribution >= 4 is 0 Å². The minimum atomic E-state index is -4.03. The first kappa shape index (κ1) is 17.7. The number of hydrogen-bond donors (Lipinski definition) is 2. The fourth-order valence-corrected chi connectivity index (χ4v) is 4.11. The highest BCUT2D eigenvalue weighted by Gasteiger charge is 2.42. The van der Waals surface area contributed by atoms with E-state index in [-0.39, 0.29) is 18.9 Å². The molecule has 136 valence electrons. The summed E-state index contributed by atoms with van der Waals surface area (Å²) in [5.74, 6) is -0.781. The number of aromatic nitrogens is 2. The van der Waals surface area contributed by atoms with Gasteiger partial charge in [0.2, 0.25) is 0 Å². The van der Waals surface area contributed by atoms with Crippen LogP contribution in [-0.2, 0) is 26.6 Å². The smallest absolute Gasteiger partial charge is 0.312 e. The summed E-state index contributed by atoms with van der Waals surface area (Å²) in [5.41, 5.74) is 3.64. The highest BCUT2D eigenvalue weighted by Crippen LogP contribution is 2.40. The van der Waals surface area contributed by atoms with Crippen molar-refractivity contribution in [3.63, 3.8) is 0 Å². The number of nitrogens with one attached hydrogen (secondary N) is 2. The molecule has 1 unspecified atom stereocenters. The number of nitrogens with zero attached hydrogens (tertiary/aromatic N) is 2. The average Bonchev–Trinajstić information content (AvgIpc) is 2.89. The molecule has 0 saturated heterocycles. The van der Waals surface area contributed by atoms with Crippen LogP contribution in [0.25, 0.3) is 0 Å². The Balaban J connectivity index is 1.53. The summed E-state index contributed by atoms with van der Waals surface area (Å²) in [5, 5.41) is 11.5. The maximum Gasteiger partial charge on any atom is 0.391 e. The van der Waals surface area contributed by atoms with Crippen molar-refractivity contribution in [3.05, 3.63) is 17.0 Å². The molecule has 7 heteroatoms. The molecule has 0 amide bonds. The number of aryl methyl sites for hydroxylation is 1. The van der Waals surface area contributed by atoms with E-state index in [2.05, 4.69) is 22.7 Å². The Kier molecular flexibility index (Phi) is 5.20. The van der Waals surface area contributed by atoms with Crippen molar-refractivity contribution in [1.29, 1.82) is 0 Å². The molecule has 1 aromatic heterocycles. The van der Waals surface area contributed by atoms with Gasteiger partial charge in [0.25, 0.3) is 0 Å². The van der Waals surface area contributed by atoms with E-state index in [0.717, 1.165) is 25.2 Å². The Bertz CT molecular complexity index is 559. The third-order valence-electron chi connectivity index (χ3n) is 5.73. The zero-order valence-corrected chi connectivity index (χ0v) is 14.4. The summed E-state index contributed by atoms with van der Waals surface area (Å²) < 4.78 is 40.3. The second kappa shape index (κ2) is 7.04. The molecule has 1 aliphatic carbocycles. The van der Waals surface area contributed by atoms with Gasteiger partial charge in [-0.2, -0.15) is 18.3 Å². The number of alkyl halides is 3. The molecule has 0 spiro atoms. The Morgan fingerprint density at radius 1 is 1.29 bits per heavy atom. The summed E-state index contributed by atoms with van der Waals surface area (Å²) in [6, 6.07) is 0.216. The van der Waals surface area contributed by atoms with E-state index in [1.54, 1.807) is 0 Å². The lowest BCUT2D eigenvalue weighted by Crippen LogP contribution is -2.38. The van der Waals surface area contributed by atoms with Gasteiger partial charge >= 0.3 is 6.18 Å². The lowest BCUT2D eigenvalue weighted by molar-refractivity contribution is -0.184. The van der Waals surface area contributed by atoms with Crippen LogP contribution < -0.4 is 10.6 Å². The van der Waals surface area contributed by atoms with Crippen LogP contribution in [-0.4, -0.2) is 28.5 Å². The van der Waals surface area contributed by atoms with Crippen LogP contribution in [0.5, 0.6) is 0 Å². The monoisotopic (exact) mass is 344 g/mol. The summed E-state index contributed by atoms with van der Waals surface area (Å²) in [6.45, 7) is 4.61. The summed E-state index contributed by atoms with van der Waals surface area (Å²) in [7, 11) is 1.98. The molecule has 0 bridgehead atoms. The second-order valence-corrected chi connectivity index (χ2v) is 7.25. The van der Waals surface area contributed by atoms with Crippen molar-refractivity contribution in [1.82, 2.24) is 20.4 Å². The normalized spacial score (nSPS) is 26.2. The molecule has 2 N–H and O–H groups in total. The van der Waals surface area contributed by atoms with Gasteiger partial charge in [0.15, 0.2) is 0 Å². The van der Waals surface area contributed by atoms with E-state index in [0.29, 0.717) is 25.3 Å². The van der Waals surface area contributed by atoms with Crippen molar-refractivity contribution in [2.45, 2.75) is 64.3 Å². The van der Waals surface area contributed by atoms with Crippen LogP contribution in [0.3, 0.4) is 0 Å². The predicted molar refractivity (Wildman–Crippen MR) is 86.4 cm³/mol. The van der Waals surface area contributed by atoms with Gasteiger partial charge in [-0.1, -0.05) is 0 Å². The number of rotatable bonds is 4. The molecule has 1 fully saturated rings.